The molecule has 1 heterocycles. The third-order valence-corrected chi connectivity index (χ3v) is 4.28. The summed E-state index contributed by atoms with van der Waals surface area (Å²) in [6, 6.07) is 11.4. The van der Waals surface area contributed by atoms with Crippen LogP contribution in [0.15, 0.2) is 30.3 Å². The van der Waals surface area contributed by atoms with Gasteiger partial charge in [-0.05, 0) is 51.1 Å². The molecule has 0 bridgehead atoms. The van der Waals surface area contributed by atoms with Gasteiger partial charge in [-0.25, -0.2) is 0 Å². The maximum atomic E-state index is 5.75. The molecule has 112 valence electrons. The van der Waals surface area contributed by atoms with E-state index in [9.17, 15) is 0 Å². The van der Waals surface area contributed by atoms with Gasteiger partial charge in [0, 0.05) is 12.0 Å². The van der Waals surface area contributed by atoms with E-state index < -0.39 is 0 Å². The number of aryl methyl sites for hydroxylation is 1. The van der Waals surface area contributed by atoms with Gasteiger partial charge < -0.3 is 10.1 Å². The first kappa shape index (κ1) is 15.5. The van der Waals surface area contributed by atoms with Crippen LogP contribution in [0.5, 0.6) is 0 Å². The summed E-state index contributed by atoms with van der Waals surface area (Å²) in [6.45, 7) is 6.50. The minimum Gasteiger partial charge on any atom is -0.378 e. The van der Waals surface area contributed by atoms with Crippen molar-refractivity contribution in [1.29, 1.82) is 0 Å². The fraction of sp³-hybridized carbons (Fsp3) is 0.667. The zero-order valence-electron chi connectivity index (χ0n) is 13.0. The highest BCUT2D eigenvalue weighted by atomic mass is 16.5. The Labute approximate surface area is 123 Å². The first-order valence-electron chi connectivity index (χ1n) is 8.18. The number of rotatable bonds is 8. The maximum Gasteiger partial charge on any atom is 0.0551 e. The average Bonchev–Trinajstić information content (AvgIpc) is 2.90. The van der Waals surface area contributed by atoms with E-state index in [2.05, 4.69) is 49.5 Å². The van der Waals surface area contributed by atoms with Gasteiger partial charge in [-0.2, -0.15) is 0 Å². The Morgan fingerprint density at radius 3 is 2.75 bits per heavy atom. The van der Waals surface area contributed by atoms with Gasteiger partial charge in [-0.15, -0.1) is 0 Å². The van der Waals surface area contributed by atoms with Crippen molar-refractivity contribution < 1.29 is 4.74 Å². The summed E-state index contributed by atoms with van der Waals surface area (Å²) in [5.74, 6) is 0.701. The van der Waals surface area contributed by atoms with Crippen LogP contribution >= 0.6 is 0 Å². The van der Waals surface area contributed by atoms with E-state index in [1.165, 1.54) is 37.7 Å². The third-order valence-electron chi connectivity index (χ3n) is 4.28. The van der Waals surface area contributed by atoms with Gasteiger partial charge in [0.25, 0.3) is 0 Å². The van der Waals surface area contributed by atoms with Crippen molar-refractivity contribution in [3.05, 3.63) is 35.9 Å². The van der Waals surface area contributed by atoms with Crippen molar-refractivity contribution in [3.8, 4) is 0 Å². The SMILES string of the molecule is CCCNC(CCCc1ccccc1)C1COC(C)C1. The Balaban J connectivity index is 1.78. The van der Waals surface area contributed by atoms with E-state index in [1.54, 1.807) is 0 Å². The van der Waals surface area contributed by atoms with Crippen LogP contribution in [0, 0.1) is 5.92 Å². The van der Waals surface area contributed by atoms with Crippen LogP contribution in [0.25, 0.3) is 0 Å². The lowest BCUT2D eigenvalue weighted by molar-refractivity contribution is 0.116. The van der Waals surface area contributed by atoms with Crippen LogP contribution in [-0.2, 0) is 11.2 Å². The molecule has 2 nitrogen and oxygen atoms in total. The second-order valence-electron chi connectivity index (χ2n) is 6.08. The highest BCUT2D eigenvalue weighted by Gasteiger charge is 2.28. The molecule has 1 aromatic carbocycles. The summed E-state index contributed by atoms with van der Waals surface area (Å²) in [7, 11) is 0. The monoisotopic (exact) mass is 275 g/mol. The topological polar surface area (TPSA) is 21.3 Å². The minimum atomic E-state index is 0.444. The van der Waals surface area contributed by atoms with Crippen molar-refractivity contribution in [3.63, 3.8) is 0 Å². The van der Waals surface area contributed by atoms with Crippen LogP contribution in [-0.4, -0.2) is 25.3 Å². The molecular weight excluding hydrogens is 246 g/mol. The highest BCUT2D eigenvalue weighted by molar-refractivity contribution is 5.14. The fourth-order valence-electron chi connectivity index (χ4n) is 3.14. The zero-order chi connectivity index (χ0) is 14.2. The van der Waals surface area contributed by atoms with E-state index in [-0.39, 0.29) is 0 Å². The van der Waals surface area contributed by atoms with E-state index in [1.807, 2.05) is 0 Å². The van der Waals surface area contributed by atoms with Crippen molar-refractivity contribution in [2.24, 2.45) is 5.92 Å². The predicted octanol–water partition coefficient (Wildman–Crippen LogP) is 3.80. The number of hydrogen-bond acceptors (Lipinski definition) is 2. The molecule has 1 aliphatic rings. The van der Waals surface area contributed by atoms with Gasteiger partial charge in [0.15, 0.2) is 0 Å². The molecule has 2 rings (SSSR count). The van der Waals surface area contributed by atoms with Crippen molar-refractivity contribution in [1.82, 2.24) is 5.32 Å². The molecule has 0 aromatic heterocycles. The van der Waals surface area contributed by atoms with E-state index in [0.29, 0.717) is 18.1 Å². The van der Waals surface area contributed by atoms with Crippen LogP contribution in [0.2, 0.25) is 0 Å². The molecule has 1 fully saturated rings. The molecule has 0 radical (unpaired) electrons. The van der Waals surface area contributed by atoms with Crippen molar-refractivity contribution in [2.75, 3.05) is 13.2 Å². The van der Waals surface area contributed by atoms with Crippen LogP contribution in [0.3, 0.4) is 0 Å². The number of nitrogens with one attached hydrogen (secondary N) is 1. The van der Waals surface area contributed by atoms with Gasteiger partial charge >= 0.3 is 0 Å². The summed E-state index contributed by atoms with van der Waals surface area (Å²) in [6.07, 6.45) is 6.57. The molecule has 1 saturated heterocycles. The first-order valence-corrected chi connectivity index (χ1v) is 8.18. The lowest BCUT2D eigenvalue weighted by Crippen LogP contribution is -2.37. The lowest BCUT2D eigenvalue weighted by Gasteiger charge is -2.24. The van der Waals surface area contributed by atoms with Crippen LogP contribution in [0.1, 0.15) is 45.1 Å². The maximum absolute atomic E-state index is 5.75. The Kier molecular flexibility index (Phi) is 6.55. The Hall–Kier alpha value is -0.860. The Morgan fingerprint density at radius 1 is 1.30 bits per heavy atom. The normalized spacial score (nSPS) is 23.9. The number of benzene rings is 1. The Bertz CT molecular complexity index is 365. The van der Waals surface area contributed by atoms with Gasteiger partial charge in [0.2, 0.25) is 0 Å². The quantitative estimate of drug-likeness (QED) is 0.779. The molecule has 20 heavy (non-hydrogen) atoms. The molecule has 1 aromatic rings. The molecule has 3 atom stereocenters. The summed E-state index contributed by atoms with van der Waals surface area (Å²) < 4.78 is 5.75. The van der Waals surface area contributed by atoms with Gasteiger partial charge in [0.05, 0.1) is 12.7 Å². The van der Waals surface area contributed by atoms with Gasteiger partial charge in [0.1, 0.15) is 0 Å². The molecule has 0 amide bonds. The van der Waals surface area contributed by atoms with Gasteiger partial charge in [-0.3, -0.25) is 0 Å². The molecule has 0 aliphatic carbocycles. The summed E-state index contributed by atoms with van der Waals surface area (Å²) in [5.41, 5.74) is 1.46. The number of hydrogen-bond donors (Lipinski definition) is 1. The van der Waals surface area contributed by atoms with Crippen molar-refractivity contribution in [2.45, 2.75) is 58.1 Å². The molecule has 2 heteroatoms. The molecule has 0 saturated carbocycles. The van der Waals surface area contributed by atoms with Crippen LogP contribution in [0.4, 0.5) is 0 Å². The van der Waals surface area contributed by atoms with E-state index in [0.717, 1.165) is 13.2 Å². The molecular formula is C18H29NO. The molecule has 3 unspecified atom stereocenters. The summed E-state index contributed by atoms with van der Waals surface area (Å²) >= 11 is 0. The lowest BCUT2D eigenvalue weighted by atomic mass is 9.92. The fourth-order valence-corrected chi connectivity index (χ4v) is 3.14. The van der Waals surface area contributed by atoms with E-state index in [4.69, 9.17) is 4.74 Å². The molecule has 1 N–H and O–H groups in total. The van der Waals surface area contributed by atoms with E-state index >= 15 is 0 Å². The molecule has 1 aliphatic heterocycles. The largest absolute Gasteiger partial charge is 0.378 e. The number of ether oxygens (including phenoxy) is 1. The second-order valence-corrected chi connectivity index (χ2v) is 6.08. The average molecular weight is 275 g/mol. The zero-order valence-corrected chi connectivity index (χ0v) is 13.0. The predicted molar refractivity (Wildman–Crippen MR) is 85.0 cm³/mol. The second kappa shape index (κ2) is 8.43. The minimum absolute atomic E-state index is 0.444. The van der Waals surface area contributed by atoms with Gasteiger partial charge in [-0.1, -0.05) is 37.3 Å². The van der Waals surface area contributed by atoms with Crippen molar-refractivity contribution >= 4 is 0 Å². The summed E-state index contributed by atoms with van der Waals surface area (Å²) in [5, 5.41) is 3.74. The first-order chi connectivity index (χ1) is 9.79. The third kappa shape index (κ3) is 4.92. The highest BCUT2D eigenvalue weighted by Crippen LogP contribution is 2.25. The summed E-state index contributed by atoms with van der Waals surface area (Å²) in [4.78, 5) is 0. The smallest absolute Gasteiger partial charge is 0.0551 e. The van der Waals surface area contributed by atoms with Crippen LogP contribution < -0.4 is 5.32 Å². The Morgan fingerprint density at radius 2 is 2.10 bits per heavy atom. The molecule has 0 spiro atoms. The standard InChI is InChI=1S/C18H29NO/c1-3-12-19-18(17-13-15(2)20-14-17)11-7-10-16-8-5-4-6-9-16/h4-6,8-9,15,17-19H,3,7,10-14H2,1-2H3.